The zero-order chi connectivity index (χ0) is 15.5. The summed E-state index contributed by atoms with van der Waals surface area (Å²) in [6.45, 7) is 5.51. The lowest BCUT2D eigenvalue weighted by atomic mass is 10.1. The van der Waals surface area contributed by atoms with Crippen LogP contribution in [0, 0.1) is 6.92 Å². The summed E-state index contributed by atoms with van der Waals surface area (Å²) in [5.41, 5.74) is 3.25. The smallest absolute Gasteiger partial charge is 0.125 e. The Kier molecular flexibility index (Phi) is 4.45. The predicted octanol–water partition coefficient (Wildman–Crippen LogP) is 2.44. The first-order valence-corrected chi connectivity index (χ1v) is 7.82. The van der Waals surface area contributed by atoms with E-state index in [0.29, 0.717) is 12.6 Å². The molecule has 1 saturated heterocycles. The lowest BCUT2D eigenvalue weighted by Gasteiger charge is -2.17. The van der Waals surface area contributed by atoms with Crippen molar-refractivity contribution < 1.29 is 9.84 Å². The number of aromatic nitrogens is 2. The second kappa shape index (κ2) is 6.50. The van der Waals surface area contributed by atoms with Crippen molar-refractivity contribution in [3.05, 3.63) is 35.9 Å². The Bertz CT molecular complexity index is 639. The van der Waals surface area contributed by atoms with Gasteiger partial charge in [0.2, 0.25) is 0 Å². The van der Waals surface area contributed by atoms with Crippen LogP contribution in [0.15, 0.2) is 30.3 Å². The van der Waals surface area contributed by atoms with Crippen LogP contribution in [0.5, 0.6) is 0 Å². The second-order valence-electron chi connectivity index (χ2n) is 5.79. The molecule has 0 saturated carbocycles. The highest BCUT2D eigenvalue weighted by molar-refractivity contribution is 5.66. The van der Waals surface area contributed by atoms with E-state index in [-0.39, 0.29) is 12.7 Å². The van der Waals surface area contributed by atoms with Crippen LogP contribution in [-0.2, 0) is 11.3 Å². The Morgan fingerprint density at radius 2 is 2.23 bits per heavy atom. The fraction of sp³-hybridized carbons (Fsp3) is 0.471. The van der Waals surface area contributed by atoms with Gasteiger partial charge in [-0.25, -0.2) is 4.68 Å². The first-order chi connectivity index (χ1) is 10.7. The van der Waals surface area contributed by atoms with Crippen molar-refractivity contribution in [2.24, 2.45) is 0 Å². The molecule has 5 nitrogen and oxygen atoms in total. The molecule has 2 aromatic rings. The van der Waals surface area contributed by atoms with Gasteiger partial charge in [-0.05, 0) is 25.8 Å². The average molecular weight is 301 g/mol. The van der Waals surface area contributed by atoms with Gasteiger partial charge >= 0.3 is 0 Å². The summed E-state index contributed by atoms with van der Waals surface area (Å²) >= 11 is 0. The Balaban J connectivity index is 1.90. The van der Waals surface area contributed by atoms with Crippen molar-refractivity contribution in [3.8, 4) is 11.3 Å². The van der Waals surface area contributed by atoms with Crippen LogP contribution in [0.4, 0.5) is 5.82 Å². The Morgan fingerprint density at radius 1 is 1.41 bits per heavy atom. The summed E-state index contributed by atoms with van der Waals surface area (Å²) < 4.78 is 7.45. The number of anilines is 1. The number of ether oxygens (including phenoxy) is 1. The highest BCUT2D eigenvalue weighted by atomic mass is 16.5. The lowest BCUT2D eigenvalue weighted by molar-refractivity contribution is 0.121. The van der Waals surface area contributed by atoms with Gasteiger partial charge in [0.25, 0.3) is 0 Å². The monoisotopic (exact) mass is 301 g/mol. The normalized spacial score (nSPS) is 21.2. The van der Waals surface area contributed by atoms with E-state index in [2.05, 4.69) is 42.5 Å². The molecule has 0 bridgehead atoms. The first kappa shape index (κ1) is 15.1. The van der Waals surface area contributed by atoms with Crippen LogP contribution in [0.3, 0.4) is 0 Å². The molecular formula is C17H23N3O2. The molecule has 2 N–H and O–H groups in total. The molecule has 0 radical (unpaired) electrons. The number of benzene rings is 1. The molecule has 2 heterocycles. The molecular weight excluding hydrogens is 278 g/mol. The molecule has 22 heavy (non-hydrogen) atoms. The van der Waals surface area contributed by atoms with E-state index in [9.17, 15) is 5.11 Å². The first-order valence-electron chi connectivity index (χ1n) is 7.82. The van der Waals surface area contributed by atoms with E-state index in [4.69, 9.17) is 4.74 Å². The van der Waals surface area contributed by atoms with E-state index >= 15 is 0 Å². The molecule has 1 aliphatic heterocycles. The molecule has 1 aromatic heterocycles. The van der Waals surface area contributed by atoms with E-state index < -0.39 is 0 Å². The maximum absolute atomic E-state index is 9.28. The van der Waals surface area contributed by atoms with Crippen LogP contribution >= 0.6 is 0 Å². The van der Waals surface area contributed by atoms with Crippen molar-refractivity contribution in [1.29, 1.82) is 0 Å². The van der Waals surface area contributed by atoms with Crippen molar-refractivity contribution in [2.45, 2.75) is 39.0 Å². The third kappa shape index (κ3) is 3.00. The maximum atomic E-state index is 9.28. The van der Waals surface area contributed by atoms with Gasteiger partial charge in [-0.2, -0.15) is 5.10 Å². The maximum Gasteiger partial charge on any atom is 0.125 e. The Hall–Kier alpha value is -1.85. The van der Waals surface area contributed by atoms with Gasteiger partial charge in [-0.15, -0.1) is 0 Å². The van der Waals surface area contributed by atoms with E-state index in [0.717, 1.165) is 30.1 Å². The van der Waals surface area contributed by atoms with Crippen LogP contribution in [0.25, 0.3) is 11.3 Å². The molecule has 2 atom stereocenters. The fourth-order valence-corrected chi connectivity index (χ4v) is 2.90. The number of rotatable bonds is 5. The molecule has 0 aliphatic carbocycles. The average Bonchev–Trinajstić information content (AvgIpc) is 3.08. The summed E-state index contributed by atoms with van der Waals surface area (Å²) in [6, 6.07) is 10.6. The minimum absolute atomic E-state index is 0.0697. The standard InChI is InChI=1S/C17H23N3O2/c1-12-5-3-4-6-14(12)16-11-17(20(19-16)8-9-21)18-15-7-10-22-13(15)2/h3-6,11,13,15,18,21H,7-10H2,1-2H3/t13-,15-/m1/s1. The molecule has 1 aliphatic rings. The van der Waals surface area contributed by atoms with Crippen molar-refractivity contribution in [1.82, 2.24) is 9.78 Å². The predicted molar refractivity (Wildman–Crippen MR) is 86.9 cm³/mol. The SMILES string of the molecule is Cc1ccccc1-c1cc(N[C@@H]2CCO[C@@H]2C)n(CCO)n1. The zero-order valence-electron chi connectivity index (χ0n) is 13.1. The van der Waals surface area contributed by atoms with E-state index in [1.807, 2.05) is 16.8 Å². The van der Waals surface area contributed by atoms with Gasteiger partial charge in [0.15, 0.2) is 0 Å². The van der Waals surface area contributed by atoms with Crippen molar-refractivity contribution in [3.63, 3.8) is 0 Å². The summed E-state index contributed by atoms with van der Waals surface area (Å²) in [7, 11) is 0. The Morgan fingerprint density at radius 3 is 2.91 bits per heavy atom. The molecule has 1 aromatic carbocycles. The topological polar surface area (TPSA) is 59.3 Å². The number of hydrogen-bond acceptors (Lipinski definition) is 4. The molecule has 0 spiro atoms. The fourth-order valence-electron chi connectivity index (χ4n) is 2.90. The largest absolute Gasteiger partial charge is 0.394 e. The van der Waals surface area contributed by atoms with Crippen molar-refractivity contribution >= 4 is 5.82 Å². The van der Waals surface area contributed by atoms with Gasteiger partial charge in [0, 0.05) is 18.2 Å². The summed E-state index contributed by atoms with van der Waals surface area (Å²) in [5.74, 6) is 0.939. The third-order valence-electron chi connectivity index (χ3n) is 4.22. The highest BCUT2D eigenvalue weighted by Gasteiger charge is 2.25. The zero-order valence-corrected chi connectivity index (χ0v) is 13.1. The van der Waals surface area contributed by atoms with Crippen molar-refractivity contribution in [2.75, 3.05) is 18.5 Å². The number of aliphatic hydroxyl groups is 1. The number of hydrogen-bond donors (Lipinski definition) is 2. The number of aryl methyl sites for hydroxylation is 1. The van der Waals surface area contributed by atoms with Gasteiger partial charge in [0.1, 0.15) is 5.82 Å². The Labute approximate surface area is 130 Å². The van der Waals surface area contributed by atoms with E-state index in [1.165, 1.54) is 5.56 Å². The molecule has 3 rings (SSSR count). The minimum atomic E-state index is 0.0697. The van der Waals surface area contributed by atoms with Crippen LogP contribution < -0.4 is 5.32 Å². The quantitative estimate of drug-likeness (QED) is 0.890. The molecule has 5 heteroatoms. The van der Waals surface area contributed by atoms with Crippen LogP contribution in [0.1, 0.15) is 18.9 Å². The lowest BCUT2D eigenvalue weighted by Crippen LogP contribution is -2.28. The third-order valence-corrected chi connectivity index (χ3v) is 4.22. The second-order valence-corrected chi connectivity index (χ2v) is 5.79. The molecule has 118 valence electrons. The number of aliphatic hydroxyl groups excluding tert-OH is 1. The molecule has 0 unspecified atom stereocenters. The van der Waals surface area contributed by atoms with Crippen LogP contribution in [-0.4, -0.2) is 40.2 Å². The minimum Gasteiger partial charge on any atom is -0.394 e. The van der Waals surface area contributed by atoms with E-state index in [1.54, 1.807) is 0 Å². The summed E-state index contributed by atoms with van der Waals surface area (Å²) in [6.07, 6.45) is 1.19. The van der Waals surface area contributed by atoms with Gasteiger partial charge in [0.05, 0.1) is 31.0 Å². The molecule has 1 fully saturated rings. The number of nitrogens with zero attached hydrogens (tertiary/aromatic N) is 2. The van der Waals surface area contributed by atoms with Gasteiger partial charge < -0.3 is 15.2 Å². The summed E-state index contributed by atoms with van der Waals surface area (Å²) in [4.78, 5) is 0. The van der Waals surface area contributed by atoms with Gasteiger partial charge in [-0.1, -0.05) is 24.3 Å². The highest BCUT2D eigenvalue weighted by Crippen LogP contribution is 2.26. The van der Waals surface area contributed by atoms with Crippen LogP contribution in [0.2, 0.25) is 0 Å². The number of nitrogens with one attached hydrogen (secondary N) is 1. The van der Waals surface area contributed by atoms with Gasteiger partial charge in [-0.3, -0.25) is 0 Å². The summed E-state index contributed by atoms with van der Waals surface area (Å²) in [5, 5.41) is 17.4. The molecule has 0 amide bonds.